The number of ether oxygens (including phenoxy) is 2. The second-order valence-electron chi connectivity index (χ2n) is 4.76. The molecule has 0 radical (unpaired) electrons. The number of benzene rings is 2. The first-order chi connectivity index (χ1) is 10.1. The zero-order valence-electron chi connectivity index (χ0n) is 11.2. The molecule has 2 aromatic carbocycles. The van der Waals surface area contributed by atoms with Crippen LogP contribution in [-0.4, -0.2) is 12.9 Å². The molecule has 1 aliphatic heterocycles. The van der Waals surface area contributed by atoms with Crippen LogP contribution in [0.3, 0.4) is 0 Å². The van der Waals surface area contributed by atoms with E-state index in [0.29, 0.717) is 27.1 Å². The molecule has 2 aromatic rings. The predicted molar refractivity (Wildman–Crippen MR) is 81.8 cm³/mol. The number of halogens is 2. The predicted octanol–water partition coefficient (Wildman–Crippen LogP) is 4.71. The maximum atomic E-state index is 12.3. The third kappa shape index (κ3) is 2.71. The lowest BCUT2D eigenvalue weighted by Crippen LogP contribution is -2.20. The molecule has 0 fully saturated rings. The van der Waals surface area contributed by atoms with Gasteiger partial charge in [0.25, 0.3) is 0 Å². The van der Waals surface area contributed by atoms with E-state index in [1.54, 1.807) is 43.5 Å². The number of hydrogen-bond acceptors (Lipinski definition) is 3. The van der Waals surface area contributed by atoms with E-state index in [0.717, 1.165) is 5.56 Å². The summed E-state index contributed by atoms with van der Waals surface area (Å²) in [6, 6.07) is 10.3. The zero-order chi connectivity index (χ0) is 15.0. The van der Waals surface area contributed by atoms with Gasteiger partial charge in [-0.2, -0.15) is 0 Å². The second kappa shape index (κ2) is 5.58. The second-order valence-corrected chi connectivity index (χ2v) is 5.61. The van der Waals surface area contributed by atoms with Crippen molar-refractivity contribution in [2.45, 2.75) is 12.5 Å². The number of carbonyl (C=O) groups excluding carboxylic acids is 1. The highest BCUT2D eigenvalue weighted by molar-refractivity contribution is 6.33. The third-order valence-electron chi connectivity index (χ3n) is 3.43. The topological polar surface area (TPSA) is 35.5 Å². The highest BCUT2D eigenvalue weighted by Gasteiger charge is 2.29. The fourth-order valence-electron chi connectivity index (χ4n) is 2.36. The van der Waals surface area contributed by atoms with Gasteiger partial charge >= 0.3 is 0 Å². The number of rotatable bonds is 2. The third-order valence-corrected chi connectivity index (χ3v) is 4.01. The van der Waals surface area contributed by atoms with Crippen LogP contribution >= 0.6 is 23.2 Å². The van der Waals surface area contributed by atoms with Crippen molar-refractivity contribution >= 4 is 29.0 Å². The molecule has 0 N–H and O–H groups in total. The van der Waals surface area contributed by atoms with E-state index in [1.807, 2.05) is 0 Å². The van der Waals surface area contributed by atoms with Crippen LogP contribution in [0.1, 0.15) is 28.4 Å². The van der Waals surface area contributed by atoms with E-state index >= 15 is 0 Å². The molecule has 1 unspecified atom stereocenters. The first kappa shape index (κ1) is 14.2. The van der Waals surface area contributed by atoms with Crippen molar-refractivity contribution < 1.29 is 14.3 Å². The van der Waals surface area contributed by atoms with Gasteiger partial charge in [0.15, 0.2) is 5.78 Å². The molecule has 1 aliphatic rings. The van der Waals surface area contributed by atoms with Gasteiger partial charge in [-0.1, -0.05) is 23.2 Å². The van der Waals surface area contributed by atoms with Crippen LogP contribution in [0.25, 0.3) is 0 Å². The molecule has 21 heavy (non-hydrogen) atoms. The quantitative estimate of drug-likeness (QED) is 0.803. The van der Waals surface area contributed by atoms with Gasteiger partial charge in [-0.05, 0) is 36.4 Å². The van der Waals surface area contributed by atoms with Crippen molar-refractivity contribution in [3.05, 3.63) is 57.6 Å². The molecule has 0 spiro atoms. The number of carbonyl (C=O) groups is 1. The van der Waals surface area contributed by atoms with Crippen LogP contribution in [0.4, 0.5) is 0 Å². The van der Waals surface area contributed by atoms with E-state index in [1.165, 1.54) is 0 Å². The summed E-state index contributed by atoms with van der Waals surface area (Å²) < 4.78 is 11.0. The Kier molecular flexibility index (Phi) is 3.79. The van der Waals surface area contributed by atoms with Gasteiger partial charge in [-0.15, -0.1) is 0 Å². The highest BCUT2D eigenvalue weighted by atomic mass is 35.5. The normalized spacial score (nSPS) is 17.1. The molecule has 0 saturated carbocycles. The summed E-state index contributed by atoms with van der Waals surface area (Å²) in [4.78, 5) is 12.3. The molecule has 1 heterocycles. The summed E-state index contributed by atoms with van der Waals surface area (Å²) in [5, 5.41) is 1.10. The Morgan fingerprint density at radius 3 is 2.76 bits per heavy atom. The molecule has 0 bridgehead atoms. The molecule has 3 rings (SSSR count). The lowest BCUT2D eigenvalue weighted by Gasteiger charge is -2.26. The summed E-state index contributed by atoms with van der Waals surface area (Å²) in [5.41, 5.74) is 1.25. The monoisotopic (exact) mass is 322 g/mol. The van der Waals surface area contributed by atoms with E-state index in [2.05, 4.69) is 0 Å². The molecule has 0 amide bonds. The summed E-state index contributed by atoms with van der Waals surface area (Å²) in [6.45, 7) is 0. The van der Waals surface area contributed by atoms with Crippen LogP contribution in [0.15, 0.2) is 36.4 Å². The van der Waals surface area contributed by atoms with Gasteiger partial charge in [0.2, 0.25) is 0 Å². The molecular weight excluding hydrogens is 311 g/mol. The number of Topliss-reactive ketones (excluding diaryl/α,β-unsaturated/α-hetero) is 1. The Hall–Kier alpha value is -1.71. The standard InChI is InChI=1S/C16H12Cl2O3/c1-20-10-3-5-15-12(7-10)14(19)8-16(21-15)11-6-9(17)2-4-13(11)18/h2-7,16H,8H2,1H3. The summed E-state index contributed by atoms with van der Waals surface area (Å²) in [6.07, 6.45) is -0.204. The summed E-state index contributed by atoms with van der Waals surface area (Å²) >= 11 is 12.2. The highest BCUT2D eigenvalue weighted by Crippen LogP contribution is 2.39. The van der Waals surface area contributed by atoms with Crippen molar-refractivity contribution in [2.24, 2.45) is 0 Å². The average Bonchev–Trinajstić information content (AvgIpc) is 2.49. The number of hydrogen-bond donors (Lipinski definition) is 0. The van der Waals surface area contributed by atoms with E-state index in [9.17, 15) is 4.79 Å². The van der Waals surface area contributed by atoms with Crippen molar-refractivity contribution in [3.63, 3.8) is 0 Å². The maximum absolute atomic E-state index is 12.3. The van der Waals surface area contributed by atoms with Crippen LogP contribution in [0.5, 0.6) is 11.5 Å². The van der Waals surface area contributed by atoms with Crippen LogP contribution in [0.2, 0.25) is 10.0 Å². The molecule has 108 valence electrons. The van der Waals surface area contributed by atoms with Gasteiger partial charge in [0, 0.05) is 15.6 Å². The van der Waals surface area contributed by atoms with Crippen molar-refractivity contribution in [2.75, 3.05) is 7.11 Å². The molecule has 3 nitrogen and oxygen atoms in total. The minimum absolute atomic E-state index is 0.00353. The lowest BCUT2D eigenvalue weighted by atomic mass is 9.96. The van der Waals surface area contributed by atoms with E-state index < -0.39 is 6.10 Å². The Morgan fingerprint density at radius 1 is 1.19 bits per heavy atom. The minimum Gasteiger partial charge on any atom is -0.497 e. The molecule has 5 heteroatoms. The minimum atomic E-state index is -0.426. The Labute approximate surface area is 132 Å². The molecule has 1 atom stereocenters. The fraction of sp³-hybridized carbons (Fsp3) is 0.188. The SMILES string of the molecule is COc1ccc2c(c1)C(=O)CC(c1cc(Cl)ccc1Cl)O2. The number of fused-ring (bicyclic) bond motifs is 1. The molecular formula is C16H12Cl2O3. The van der Waals surface area contributed by atoms with Crippen LogP contribution in [-0.2, 0) is 0 Å². The van der Waals surface area contributed by atoms with Crippen LogP contribution < -0.4 is 9.47 Å². The van der Waals surface area contributed by atoms with Crippen LogP contribution in [0, 0.1) is 0 Å². The number of ketones is 1. The largest absolute Gasteiger partial charge is 0.497 e. The van der Waals surface area contributed by atoms with E-state index in [4.69, 9.17) is 32.7 Å². The van der Waals surface area contributed by atoms with Gasteiger partial charge in [-0.25, -0.2) is 0 Å². The summed E-state index contributed by atoms with van der Waals surface area (Å²) in [5.74, 6) is 1.16. The van der Waals surface area contributed by atoms with Crippen molar-refractivity contribution in [1.29, 1.82) is 0 Å². The summed E-state index contributed by atoms with van der Waals surface area (Å²) in [7, 11) is 1.56. The zero-order valence-corrected chi connectivity index (χ0v) is 12.7. The van der Waals surface area contributed by atoms with Gasteiger partial charge in [0.1, 0.15) is 17.6 Å². The average molecular weight is 323 g/mol. The lowest BCUT2D eigenvalue weighted by molar-refractivity contribution is 0.0849. The maximum Gasteiger partial charge on any atom is 0.170 e. The Morgan fingerprint density at radius 2 is 2.00 bits per heavy atom. The number of methoxy groups -OCH3 is 1. The fourth-order valence-corrected chi connectivity index (χ4v) is 2.78. The molecule has 0 saturated heterocycles. The van der Waals surface area contributed by atoms with Crippen molar-refractivity contribution in [3.8, 4) is 11.5 Å². The first-order valence-electron chi connectivity index (χ1n) is 6.41. The Balaban J connectivity index is 1.98. The smallest absolute Gasteiger partial charge is 0.170 e. The van der Waals surface area contributed by atoms with E-state index in [-0.39, 0.29) is 12.2 Å². The molecule has 0 aromatic heterocycles. The molecule has 0 aliphatic carbocycles. The van der Waals surface area contributed by atoms with Crippen molar-refractivity contribution in [1.82, 2.24) is 0 Å². The van der Waals surface area contributed by atoms with Gasteiger partial charge < -0.3 is 9.47 Å². The first-order valence-corrected chi connectivity index (χ1v) is 7.17. The van der Waals surface area contributed by atoms with Gasteiger partial charge in [0.05, 0.1) is 19.1 Å². The van der Waals surface area contributed by atoms with Gasteiger partial charge in [-0.3, -0.25) is 4.79 Å². The Bertz CT molecular complexity index is 713.